The molecule has 2 nitrogen and oxygen atoms in total. The first kappa shape index (κ1) is 8.85. The third kappa shape index (κ3) is 2.37. The first-order valence-electron chi connectivity index (χ1n) is 4.18. The molecule has 0 aromatic heterocycles. The number of piperidine rings is 1. The second-order valence-corrected chi connectivity index (χ2v) is 3.41. The fourth-order valence-electron chi connectivity index (χ4n) is 1.52. The van der Waals surface area contributed by atoms with Gasteiger partial charge in [-0.25, -0.2) is 0 Å². The van der Waals surface area contributed by atoms with E-state index in [0.717, 1.165) is 31.8 Å². The molecule has 1 aliphatic rings. The van der Waals surface area contributed by atoms with Crippen molar-refractivity contribution < 1.29 is 4.79 Å². The topological polar surface area (TPSA) is 20.3 Å². The van der Waals surface area contributed by atoms with Gasteiger partial charge < -0.3 is 4.90 Å². The molecule has 1 heterocycles. The lowest BCUT2D eigenvalue weighted by Crippen LogP contribution is -2.35. The fourth-order valence-corrected chi connectivity index (χ4v) is 1.69. The summed E-state index contributed by atoms with van der Waals surface area (Å²) in [5, 5.41) is -0.292. The molecule has 0 unspecified atom stereocenters. The highest BCUT2D eigenvalue weighted by Gasteiger charge is 2.19. The molecule has 1 amide bonds. The Bertz CT molecular complexity index is 141. The second kappa shape index (κ2) is 3.96. The summed E-state index contributed by atoms with van der Waals surface area (Å²) in [6.07, 6.45) is 3.47. The quantitative estimate of drug-likeness (QED) is 0.443. The van der Waals surface area contributed by atoms with Gasteiger partial charge in [0.05, 0.1) is 0 Å². The second-order valence-electron chi connectivity index (χ2n) is 3.09. The van der Waals surface area contributed by atoms with Crippen LogP contribution in [0.25, 0.3) is 0 Å². The maximum Gasteiger partial charge on any atom is 0.316 e. The highest BCUT2D eigenvalue weighted by Crippen LogP contribution is 2.20. The van der Waals surface area contributed by atoms with Crippen LogP contribution in [0.2, 0.25) is 0 Å². The Kier molecular flexibility index (Phi) is 3.18. The molecule has 3 heteroatoms. The van der Waals surface area contributed by atoms with Gasteiger partial charge in [0.15, 0.2) is 0 Å². The van der Waals surface area contributed by atoms with Gasteiger partial charge in [-0.3, -0.25) is 4.79 Å². The molecule has 1 fully saturated rings. The molecule has 11 heavy (non-hydrogen) atoms. The van der Waals surface area contributed by atoms with E-state index in [1.54, 1.807) is 4.90 Å². The Morgan fingerprint density at radius 3 is 2.45 bits per heavy atom. The molecule has 64 valence electrons. The molecule has 0 radical (unpaired) electrons. The molecule has 0 aromatic rings. The van der Waals surface area contributed by atoms with Crippen molar-refractivity contribution in [3.8, 4) is 0 Å². The molecule has 0 spiro atoms. The van der Waals surface area contributed by atoms with Crippen molar-refractivity contribution in [3.05, 3.63) is 0 Å². The fraction of sp³-hybridized carbons (Fsp3) is 0.875. The first-order chi connectivity index (χ1) is 5.24. The van der Waals surface area contributed by atoms with Crippen LogP contribution in [0.5, 0.6) is 0 Å². The third-order valence-electron chi connectivity index (χ3n) is 2.44. The molecular weight excluding hydrogens is 162 g/mol. The van der Waals surface area contributed by atoms with Gasteiger partial charge in [-0.05, 0) is 30.4 Å². The van der Waals surface area contributed by atoms with E-state index in [4.69, 9.17) is 11.6 Å². The van der Waals surface area contributed by atoms with Crippen LogP contribution in [0.1, 0.15) is 26.2 Å². The number of rotatable bonds is 1. The summed E-state index contributed by atoms with van der Waals surface area (Å²) >= 11 is 5.33. The zero-order chi connectivity index (χ0) is 8.27. The van der Waals surface area contributed by atoms with Crippen LogP contribution in [0.3, 0.4) is 0 Å². The Morgan fingerprint density at radius 1 is 1.55 bits per heavy atom. The predicted octanol–water partition coefficient (Wildman–Crippen LogP) is 2.47. The molecule has 1 aliphatic heterocycles. The van der Waals surface area contributed by atoms with Crippen molar-refractivity contribution in [2.75, 3.05) is 13.1 Å². The van der Waals surface area contributed by atoms with Crippen molar-refractivity contribution >= 4 is 17.0 Å². The summed E-state index contributed by atoms with van der Waals surface area (Å²) in [6, 6.07) is 0. The molecule has 0 bridgehead atoms. The van der Waals surface area contributed by atoms with Gasteiger partial charge in [-0.2, -0.15) is 0 Å². The number of halogens is 1. The first-order valence-corrected chi connectivity index (χ1v) is 4.56. The smallest absolute Gasteiger partial charge is 0.316 e. The van der Waals surface area contributed by atoms with Gasteiger partial charge >= 0.3 is 5.37 Å². The summed E-state index contributed by atoms with van der Waals surface area (Å²) in [4.78, 5) is 12.4. The zero-order valence-electron chi connectivity index (χ0n) is 6.85. The number of likely N-dealkylation sites (tertiary alicyclic amines) is 1. The lowest BCUT2D eigenvalue weighted by molar-refractivity contribution is 0.190. The van der Waals surface area contributed by atoms with Crippen molar-refractivity contribution in [2.24, 2.45) is 5.92 Å². The lowest BCUT2D eigenvalue weighted by atomic mass is 9.95. The van der Waals surface area contributed by atoms with E-state index in [9.17, 15) is 4.79 Å². The van der Waals surface area contributed by atoms with Crippen LogP contribution < -0.4 is 0 Å². The van der Waals surface area contributed by atoms with E-state index in [0.29, 0.717) is 0 Å². The summed E-state index contributed by atoms with van der Waals surface area (Å²) in [7, 11) is 0. The van der Waals surface area contributed by atoms with E-state index in [-0.39, 0.29) is 5.37 Å². The molecule has 0 aliphatic carbocycles. The Balaban J connectivity index is 2.30. The minimum atomic E-state index is -0.292. The number of amides is 1. The van der Waals surface area contributed by atoms with Gasteiger partial charge in [0.2, 0.25) is 0 Å². The van der Waals surface area contributed by atoms with Crippen LogP contribution in [0.15, 0.2) is 0 Å². The average Bonchev–Trinajstić information content (AvgIpc) is 2.05. The molecule has 0 aromatic carbocycles. The summed E-state index contributed by atoms with van der Waals surface area (Å²) in [5.74, 6) is 0.808. The van der Waals surface area contributed by atoms with Crippen molar-refractivity contribution in [2.45, 2.75) is 26.2 Å². The van der Waals surface area contributed by atoms with Crippen LogP contribution in [0, 0.1) is 5.92 Å². The molecule has 0 atom stereocenters. The SMILES string of the molecule is CCC1CCN(C(=O)Cl)CC1. The number of nitrogens with zero attached hydrogens (tertiary/aromatic N) is 1. The highest BCUT2D eigenvalue weighted by atomic mass is 35.5. The largest absolute Gasteiger partial charge is 0.329 e. The number of hydrogen-bond donors (Lipinski definition) is 0. The van der Waals surface area contributed by atoms with Gasteiger partial charge in [0, 0.05) is 13.1 Å². The molecule has 1 saturated heterocycles. The zero-order valence-corrected chi connectivity index (χ0v) is 7.60. The minimum absolute atomic E-state index is 0.292. The average molecular weight is 176 g/mol. The van der Waals surface area contributed by atoms with Gasteiger partial charge in [0.25, 0.3) is 0 Å². The van der Waals surface area contributed by atoms with Gasteiger partial charge in [0.1, 0.15) is 0 Å². The van der Waals surface area contributed by atoms with E-state index in [2.05, 4.69) is 6.92 Å². The Labute approximate surface area is 72.5 Å². The van der Waals surface area contributed by atoms with Crippen LogP contribution in [0.4, 0.5) is 4.79 Å². The number of carbonyl (C=O) groups excluding carboxylic acids is 1. The van der Waals surface area contributed by atoms with Gasteiger partial charge in [-0.15, -0.1) is 0 Å². The minimum Gasteiger partial charge on any atom is -0.329 e. The van der Waals surface area contributed by atoms with E-state index < -0.39 is 0 Å². The van der Waals surface area contributed by atoms with Crippen molar-refractivity contribution in [1.29, 1.82) is 0 Å². The molecule has 0 saturated carbocycles. The third-order valence-corrected chi connectivity index (χ3v) is 2.68. The van der Waals surface area contributed by atoms with Crippen LogP contribution in [-0.2, 0) is 0 Å². The molecule has 0 N–H and O–H groups in total. The monoisotopic (exact) mass is 175 g/mol. The number of carbonyl (C=O) groups is 1. The molecule has 1 rings (SSSR count). The van der Waals surface area contributed by atoms with E-state index >= 15 is 0 Å². The van der Waals surface area contributed by atoms with E-state index in [1.165, 1.54) is 6.42 Å². The standard InChI is InChI=1S/C8H14ClNO/c1-2-7-3-5-10(6-4-7)8(9)11/h7H,2-6H2,1H3. The van der Waals surface area contributed by atoms with Crippen LogP contribution in [-0.4, -0.2) is 23.4 Å². The molecular formula is C8H14ClNO. The Hall–Kier alpha value is -0.240. The summed E-state index contributed by atoms with van der Waals surface area (Å²) in [5.41, 5.74) is 0. The maximum atomic E-state index is 10.7. The summed E-state index contributed by atoms with van der Waals surface area (Å²) in [6.45, 7) is 3.89. The highest BCUT2D eigenvalue weighted by molar-refractivity contribution is 6.62. The maximum absolute atomic E-state index is 10.7. The predicted molar refractivity (Wildman–Crippen MR) is 45.8 cm³/mol. The van der Waals surface area contributed by atoms with Crippen LogP contribution >= 0.6 is 11.6 Å². The lowest BCUT2D eigenvalue weighted by Gasteiger charge is -2.29. The number of hydrogen-bond acceptors (Lipinski definition) is 1. The van der Waals surface area contributed by atoms with Gasteiger partial charge in [-0.1, -0.05) is 13.3 Å². The van der Waals surface area contributed by atoms with E-state index in [1.807, 2.05) is 0 Å². The summed E-state index contributed by atoms with van der Waals surface area (Å²) < 4.78 is 0. The normalized spacial score (nSPS) is 20.4. The van der Waals surface area contributed by atoms with Crippen molar-refractivity contribution in [3.63, 3.8) is 0 Å². The Morgan fingerprint density at radius 2 is 2.09 bits per heavy atom. The van der Waals surface area contributed by atoms with Crippen molar-refractivity contribution in [1.82, 2.24) is 4.90 Å².